The van der Waals surface area contributed by atoms with Gasteiger partial charge in [-0.3, -0.25) is 9.00 Å². The van der Waals surface area contributed by atoms with Crippen molar-refractivity contribution in [2.45, 2.75) is 62.8 Å². The fourth-order valence-corrected chi connectivity index (χ4v) is 4.01. The molecule has 6 heteroatoms. The minimum Gasteiger partial charge on any atom is -0.452 e. The zero-order valence-corrected chi connectivity index (χ0v) is 15.6. The first kappa shape index (κ1) is 19.6. The van der Waals surface area contributed by atoms with Gasteiger partial charge in [-0.25, -0.2) is 4.79 Å². The van der Waals surface area contributed by atoms with E-state index in [2.05, 4.69) is 5.32 Å². The van der Waals surface area contributed by atoms with Crippen molar-refractivity contribution in [3.8, 4) is 0 Å². The monoisotopic (exact) mass is 365 g/mol. The van der Waals surface area contributed by atoms with E-state index in [1.807, 2.05) is 0 Å². The molecule has 2 rings (SSSR count). The molecule has 5 nitrogen and oxygen atoms in total. The molecule has 1 unspecified atom stereocenters. The van der Waals surface area contributed by atoms with Gasteiger partial charge in [0.2, 0.25) is 0 Å². The fourth-order valence-electron chi connectivity index (χ4n) is 3.07. The summed E-state index contributed by atoms with van der Waals surface area (Å²) in [6.07, 6.45) is 7.92. The first-order valence-corrected chi connectivity index (χ1v) is 10.4. The lowest BCUT2D eigenvalue weighted by molar-refractivity contribution is -0.125. The van der Waals surface area contributed by atoms with Crippen LogP contribution in [0.2, 0.25) is 0 Å². The van der Waals surface area contributed by atoms with Gasteiger partial charge in [0.25, 0.3) is 5.91 Å². The predicted molar refractivity (Wildman–Crippen MR) is 97.9 cm³/mol. The Morgan fingerprint density at radius 1 is 1.12 bits per heavy atom. The molecule has 138 valence electrons. The summed E-state index contributed by atoms with van der Waals surface area (Å²) in [5.74, 6) is -0.454. The van der Waals surface area contributed by atoms with E-state index in [4.69, 9.17) is 4.74 Å². The summed E-state index contributed by atoms with van der Waals surface area (Å²) in [7, 11) is -1.25. The Bertz CT molecular complexity index is 609. The van der Waals surface area contributed by atoms with E-state index >= 15 is 0 Å². The molecule has 25 heavy (non-hydrogen) atoms. The van der Waals surface area contributed by atoms with Crippen molar-refractivity contribution >= 4 is 22.7 Å². The van der Waals surface area contributed by atoms with Crippen LogP contribution < -0.4 is 5.32 Å². The lowest BCUT2D eigenvalue weighted by Gasteiger charge is -2.21. The average Bonchev–Trinajstić information content (AvgIpc) is 2.61. The minimum atomic E-state index is -1.25. The summed E-state index contributed by atoms with van der Waals surface area (Å²) in [6, 6.07) is 6.84. The van der Waals surface area contributed by atoms with E-state index in [9.17, 15) is 13.8 Å². The van der Waals surface area contributed by atoms with Crippen LogP contribution in [0.5, 0.6) is 0 Å². The first-order valence-electron chi connectivity index (χ1n) is 9.05. The van der Waals surface area contributed by atoms with Crippen LogP contribution in [0.15, 0.2) is 29.2 Å². The molecule has 1 N–H and O–H groups in total. The summed E-state index contributed by atoms with van der Waals surface area (Å²) < 4.78 is 17.2. The maximum Gasteiger partial charge on any atom is 0.339 e. The van der Waals surface area contributed by atoms with E-state index in [1.165, 1.54) is 19.3 Å². The summed E-state index contributed by atoms with van der Waals surface area (Å²) in [6.45, 7) is 1.49. The van der Waals surface area contributed by atoms with Gasteiger partial charge in [-0.1, -0.05) is 51.2 Å². The van der Waals surface area contributed by atoms with Crippen molar-refractivity contribution in [3.63, 3.8) is 0 Å². The van der Waals surface area contributed by atoms with Crippen molar-refractivity contribution in [3.05, 3.63) is 29.8 Å². The molecule has 1 aromatic rings. The van der Waals surface area contributed by atoms with Crippen molar-refractivity contribution in [2.75, 3.05) is 12.4 Å². The van der Waals surface area contributed by atoms with Gasteiger partial charge in [0.15, 0.2) is 6.61 Å². The molecule has 0 spiro atoms. The van der Waals surface area contributed by atoms with E-state index in [1.54, 1.807) is 31.2 Å². The summed E-state index contributed by atoms with van der Waals surface area (Å²) in [5.41, 5.74) is 0.265. The number of hydrogen-bond donors (Lipinski definition) is 1. The van der Waals surface area contributed by atoms with Gasteiger partial charge in [0.1, 0.15) is 0 Å². The topological polar surface area (TPSA) is 72.5 Å². The van der Waals surface area contributed by atoms with Gasteiger partial charge in [-0.15, -0.1) is 0 Å². The molecule has 1 saturated carbocycles. The van der Waals surface area contributed by atoms with Crippen LogP contribution >= 0.6 is 0 Å². The van der Waals surface area contributed by atoms with Crippen LogP contribution in [-0.2, 0) is 20.3 Å². The quantitative estimate of drug-likeness (QED) is 0.786. The highest BCUT2D eigenvalue weighted by Gasteiger charge is 2.18. The smallest absolute Gasteiger partial charge is 0.339 e. The second-order valence-electron chi connectivity index (χ2n) is 6.32. The third kappa shape index (κ3) is 6.27. The maximum atomic E-state index is 12.2. The molecular formula is C19H27NO4S. The van der Waals surface area contributed by atoms with E-state index in [-0.39, 0.29) is 24.1 Å². The van der Waals surface area contributed by atoms with Gasteiger partial charge < -0.3 is 10.1 Å². The van der Waals surface area contributed by atoms with Crippen LogP contribution in [-0.4, -0.2) is 34.5 Å². The second-order valence-corrected chi connectivity index (χ2v) is 8.02. The first-order chi connectivity index (χ1) is 12.1. The van der Waals surface area contributed by atoms with Crippen LogP contribution in [0.4, 0.5) is 0 Å². The Kier molecular flexibility index (Phi) is 8.12. The predicted octanol–water partition coefficient (Wildman–Crippen LogP) is 3.20. The molecule has 1 aliphatic carbocycles. The van der Waals surface area contributed by atoms with Crippen molar-refractivity contribution in [2.24, 2.45) is 0 Å². The molecule has 1 atom stereocenters. The van der Waals surface area contributed by atoms with Crippen LogP contribution in [0.1, 0.15) is 62.2 Å². The van der Waals surface area contributed by atoms with Crippen LogP contribution in [0.25, 0.3) is 0 Å². The minimum absolute atomic E-state index is 0.173. The highest BCUT2D eigenvalue weighted by molar-refractivity contribution is 7.85. The highest BCUT2D eigenvalue weighted by atomic mass is 32.2. The highest BCUT2D eigenvalue weighted by Crippen LogP contribution is 2.17. The van der Waals surface area contributed by atoms with Crippen molar-refractivity contribution < 1.29 is 18.5 Å². The molecule has 1 aromatic carbocycles. The number of hydrogen-bond acceptors (Lipinski definition) is 4. The van der Waals surface area contributed by atoms with Crippen molar-refractivity contribution in [1.29, 1.82) is 0 Å². The van der Waals surface area contributed by atoms with Crippen molar-refractivity contribution in [1.82, 2.24) is 5.32 Å². The Balaban J connectivity index is 1.87. The molecule has 0 heterocycles. The van der Waals surface area contributed by atoms with Gasteiger partial charge >= 0.3 is 5.97 Å². The number of esters is 1. The van der Waals surface area contributed by atoms with Gasteiger partial charge in [0.05, 0.1) is 21.3 Å². The molecule has 0 aliphatic heterocycles. The van der Waals surface area contributed by atoms with E-state index in [0.29, 0.717) is 10.6 Å². The third-order valence-corrected chi connectivity index (χ3v) is 5.79. The number of amides is 1. The number of rotatable bonds is 6. The maximum absolute atomic E-state index is 12.2. The molecule has 0 radical (unpaired) electrons. The molecule has 0 aromatic heterocycles. The van der Waals surface area contributed by atoms with E-state index in [0.717, 1.165) is 25.7 Å². The van der Waals surface area contributed by atoms with Gasteiger partial charge in [0, 0.05) is 11.8 Å². The summed E-state index contributed by atoms with van der Waals surface area (Å²) in [4.78, 5) is 24.8. The summed E-state index contributed by atoms with van der Waals surface area (Å²) >= 11 is 0. The standard InChI is InChI=1S/C19H27NO4S/c1-2-25(23)17-13-9-8-12-16(17)19(22)24-14-18(21)20-15-10-6-4-3-5-7-11-15/h8-9,12-13,15H,2-7,10-11,14H2,1H3,(H,20,21). The molecule has 0 bridgehead atoms. The Hall–Kier alpha value is -1.69. The van der Waals surface area contributed by atoms with Crippen LogP contribution in [0, 0.1) is 0 Å². The lowest BCUT2D eigenvalue weighted by Crippen LogP contribution is -2.38. The fraction of sp³-hybridized carbons (Fsp3) is 0.579. The van der Waals surface area contributed by atoms with E-state index < -0.39 is 16.8 Å². The SMILES string of the molecule is CCS(=O)c1ccccc1C(=O)OCC(=O)NC1CCCCCCC1. The third-order valence-electron chi connectivity index (χ3n) is 4.42. The molecule has 1 amide bonds. The Morgan fingerprint density at radius 3 is 2.44 bits per heavy atom. The van der Waals surface area contributed by atoms with Gasteiger partial charge in [-0.05, 0) is 25.0 Å². The largest absolute Gasteiger partial charge is 0.452 e. The summed E-state index contributed by atoms with van der Waals surface area (Å²) in [5, 5.41) is 2.97. The number of carbonyl (C=O) groups excluding carboxylic acids is 2. The number of ether oxygens (including phenoxy) is 1. The van der Waals surface area contributed by atoms with Crippen LogP contribution in [0.3, 0.4) is 0 Å². The normalized spacial score (nSPS) is 17.2. The molecule has 0 saturated heterocycles. The Labute approximate surface area is 152 Å². The number of carbonyl (C=O) groups is 2. The lowest BCUT2D eigenvalue weighted by atomic mass is 9.97. The second kappa shape index (κ2) is 10.3. The number of benzene rings is 1. The average molecular weight is 365 g/mol. The zero-order valence-electron chi connectivity index (χ0n) is 14.8. The van der Waals surface area contributed by atoms with Gasteiger partial charge in [-0.2, -0.15) is 0 Å². The molecule has 1 fully saturated rings. The molecular weight excluding hydrogens is 338 g/mol. The molecule has 1 aliphatic rings. The zero-order chi connectivity index (χ0) is 18.1. The number of nitrogens with one attached hydrogen (secondary N) is 1. The Morgan fingerprint density at radius 2 is 1.76 bits per heavy atom.